The molecule has 2 rings (SSSR count). The van der Waals surface area contributed by atoms with Crippen molar-refractivity contribution in [3.8, 4) is 0 Å². The third kappa shape index (κ3) is 1.95. The number of carbonyl (C=O) groups excluding carboxylic acids is 1. The Kier molecular flexibility index (Phi) is 3.52. The van der Waals surface area contributed by atoms with Crippen LogP contribution in [0.3, 0.4) is 0 Å². The third-order valence-electron chi connectivity index (χ3n) is 3.64. The predicted octanol–water partition coefficient (Wildman–Crippen LogP) is 3.57. The molecule has 13 heavy (non-hydrogen) atoms. The van der Waals surface area contributed by atoms with E-state index in [2.05, 4.69) is 6.92 Å². The van der Waals surface area contributed by atoms with Gasteiger partial charge in [0, 0.05) is 12.3 Å². The lowest BCUT2D eigenvalue weighted by molar-refractivity contribution is -0.128. The zero-order chi connectivity index (χ0) is 9.90. The Labute approximate surface area is 81.9 Å². The van der Waals surface area contributed by atoms with Crippen LogP contribution < -0.4 is 0 Å². The first-order valence-corrected chi connectivity index (χ1v) is 5.75. The molecular formula is C12H22O. The van der Waals surface area contributed by atoms with Crippen LogP contribution in [0.1, 0.15) is 59.3 Å². The van der Waals surface area contributed by atoms with E-state index >= 15 is 0 Å². The highest BCUT2D eigenvalue weighted by atomic mass is 16.1. The van der Waals surface area contributed by atoms with Gasteiger partial charge in [0.1, 0.15) is 5.78 Å². The predicted molar refractivity (Wildman–Crippen MR) is 55.7 cm³/mol. The third-order valence-corrected chi connectivity index (χ3v) is 3.64. The van der Waals surface area contributed by atoms with Gasteiger partial charge in [-0.05, 0) is 31.1 Å². The van der Waals surface area contributed by atoms with E-state index in [-0.39, 0.29) is 0 Å². The molecule has 0 aliphatic heterocycles. The van der Waals surface area contributed by atoms with Crippen LogP contribution in [-0.4, -0.2) is 5.78 Å². The fourth-order valence-corrected chi connectivity index (χ4v) is 2.92. The van der Waals surface area contributed by atoms with Gasteiger partial charge in [-0.15, -0.1) is 0 Å². The molecule has 2 saturated carbocycles. The Bertz CT molecular complexity index is 186. The maximum atomic E-state index is 11.5. The average Bonchev–Trinajstić information content (AvgIpc) is 2.52. The van der Waals surface area contributed by atoms with Crippen LogP contribution in [0.4, 0.5) is 0 Å². The second kappa shape index (κ2) is 4.26. The number of hydrogen-bond acceptors (Lipinski definition) is 1. The fourth-order valence-electron chi connectivity index (χ4n) is 2.92. The second-order valence-electron chi connectivity index (χ2n) is 4.42. The van der Waals surface area contributed by atoms with E-state index in [1.807, 2.05) is 13.8 Å². The lowest BCUT2D eigenvalue weighted by atomic mass is 9.69. The molecule has 2 fully saturated rings. The van der Waals surface area contributed by atoms with Gasteiger partial charge in [-0.2, -0.15) is 0 Å². The molecule has 2 unspecified atom stereocenters. The summed E-state index contributed by atoms with van der Waals surface area (Å²) in [5.74, 6) is 0.993. The van der Waals surface area contributed by atoms with Crippen LogP contribution in [0.5, 0.6) is 0 Å². The van der Waals surface area contributed by atoms with Crippen molar-refractivity contribution >= 4 is 5.78 Å². The summed E-state index contributed by atoms with van der Waals surface area (Å²) in [6.07, 6.45) is 7.06. The van der Waals surface area contributed by atoms with Gasteiger partial charge in [0.2, 0.25) is 0 Å². The highest BCUT2D eigenvalue weighted by molar-refractivity contribution is 5.82. The first-order chi connectivity index (χ1) is 6.22. The number of ketones is 1. The zero-order valence-electron chi connectivity index (χ0n) is 9.23. The molecule has 0 spiro atoms. The molecule has 2 atom stereocenters. The first-order valence-electron chi connectivity index (χ1n) is 5.75. The van der Waals surface area contributed by atoms with Gasteiger partial charge < -0.3 is 0 Å². The Morgan fingerprint density at radius 3 is 2.46 bits per heavy atom. The highest BCUT2D eigenvalue weighted by Gasteiger charge is 2.44. The molecule has 0 aromatic carbocycles. The van der Waals surface area contributed by atoms with E-state index in [1.54, 1.807) is 0 Å². The topological polar surface area (TPSA) is 17.1 Å². The lowest BCUT2D eigenvalue weighted by Crippen LogP contribution is -2.32. The van der Waals surface area contributed by atoms with E-state index in [0.29, 0.717) is 17.1 Å². The van der Waals surface area contributed by atoms with E-state index in [0.717, 1.165) is 12.8 Å². The lowest BCUT2D eigenvalue weighted by Gasteiger charge is -2.34. The van der Waals surface area contributed by atoms with Crippen molar-refractivity contribution in [2.24, 2.45) is 11.3 Å². The van der Waals surface area contributed by atoms with Crippen molar-refractivity contribution < 1.29 is 4.79 Å². The smallest absolute Gasteiger partial charge is 0.136 e. The van der Waals surface area contributed by atoms with E-state index in [1.165, 1.54) is 25.7 Å². The Hall–Kier alpha value is -0.330. The summed E-state index contributed by atoms with van der Waals surface area (Å²) >= 11 is 0. The van der Waals surface area contributed by atoms with E-state index in [9.17, 15) is 4.79 Å². The minimum Gasteiger partial charge on any atom is -0.299 e. The van der Waals surface area contributed by atoms with Crippen molar-refractivity contribution in [3.05, 3.63) is 0 Å². The molecule has 1 heteroatoms. The molecule has 0 amide bonds. The minimum absolute atomic E-state index is 0.412. The number of carbonyl (C=O) groups is 1. The van der Waals surface area contributed by atoms with Gasteiger partial charge in [0.25, 0.3) is 0 Å². The molecule has 76 valence electrons. The van der Waals surface area contributed by atoms with Crippen LogP contribution in [0, 0.1) is 11.3 Å². The number of fused-ring (bicyclic) bond motifs is 1. The largest absolute Gasteiger partial charge is 0.299 e. The maximum Gasteiger partial charge on any atom is 0.136 e. The van der Waals surface area contributed by atoms with Gasteiger partial charge in [-0.1, -0.05) is 27.2 Å². The molecule has 0 saturated heterocycles. The van der Waals surface area contributed by atoms with Crippen LogP contribution >= 0.6 is 0 Å². The molecule has 0 aromatic rings. The zero-order valence-corrected chi connectivity index (χ0v) is 9.23. The quantitative estimate of drug-likeness (QED) is 0.559. The summed E-state index contributed by atoms with van der Waals surface area (Å²) in [4.78, 5) is 11.5. The molecular weight excluding hydrogens is 160 g/mol. The Balaban J connectivity index is 0.000000396. The number of rotatable bonds is 0. The number of hydrogen-bond donors (Lipinski definition) is 0. The van der Waals surface area contributed by atoms with Crippen molar-refractivity contribution in [1.29, 1.82) is 0 Å². The van der Waals surface area contributed by atoms with Gasteiger partial charge in [0.05, 0.1) is 0 Å². The highest BCUT2D eigenvalue weighted by Crippen LogP contribution is 2.50. The van der Waals surface area contributed by atoms with Gasteiger partial charge in [0.15, 0.2) is 0 Å². The monoisotopic (exact) mass is 182 g/mol. The number of Topliss-reactive ketones (excluding diaryl/α,β-unsaturated/α-hetero) is 1. The molecule has 2 aliphatic rings. The minimum atomic E-state index is 0.412. The Morgan fingerprint density at radius 2 is 1.85 bits per heavy atom. The van der Waals surface area contributed by atoms with Gasteiger partial charge >= 0.3 is 0 Å². The van der Waals surface area contributed by atoms with Crippen molar-refractivity contribution in [2.75, 3.05) is 0 Å². The summed E-state index contributed by atoms with van der Waals surface area (Å²) < 4.78 is 0. The molecule has 1 nitrogen and oxygen atoms in total. The van der Waals surface area contributed by atoms with Crippen LogP contribution in [0.2, 0.25) is 0 Å². The van der Waals surface area contributed by atoms with E-state index < -0.39 is 0 Å². The summed E-state index contributed by atoms with van der Waals surface area (Å²) in [6.45, 7) is 6.31. The Morgan fingerprint density at radius 1 is 1.23 bits per heavy atom. The van der Waals surface area contributed by atoms with Crippen LogP contribution in [0.15, 0.2) is 0 Å². The maximum absolute atomic E-state index is 11.5. The summed E-state index contributed by atoms with van der Waals surface area (Å²) in [6, 6.07) is 0. The molecule has 0 heterocycles. The fraction of sp³-hybridized carbons (Fsp3) is 0.917. The van der Waals surface area contributed by atoms with Crippen molar-refractivity contribution in [1.82, 2.24) is 0 Å². The van der Waals surface area contributed by atoms with Gasteiger partial charge in [-0.3, -0.25) is 4.79 Å². The molecule has 0 N–H and O–H groups in total. The van der Waals surface area contributed by atoms with Crippen molar-refractivity contribution in [2.45, 2.75) is 59.3 Å². The van der Waals surface area contributed by atoms with E-state index in [4.69, 9.17) is 0 Å². The molecule has 0 bridgehead atoms. The SMILES string of the molecule is CC.CC12CCCC(=O)C1CCC2. The van der Waals surface area contributed by atoms with Gasteiger partial charge in [-0.25, -0.2) is 0 Å². The normalized spacial score (nSPS) is 37.8. The molecule has 0 radical (unpaired) electrons. The summed E-state index contributed by atoms with van der Waals surface area (Å²) in [5, 5.41) is 0. The average molecular weight is 182 g/mol. The van der Waals surface area contributed by atoms with Crippen LogP contribution in [-0.2, 0) is 4.79 Å². The summed E-state index contributed by atoms with van der Waals surface area (Å²) in [7, 11) is 0. The molecule has 2 aliphatic carbocycles. The summed E-state index contributed by atoms with van der Waals surface area (Å²) in [5.41, 5.74) is 0.412. The second-order valence-corrected chi connectivity index (χ2v) is 4.42. The standard InChI is InChI=1S/C10H16O.C2H6/c1-10-6-2-4-8(10)9(11)5-3-7-10;1-2/h8H,2-7H2,1H3;1-2H3. The van der Waals surface area contributed by atoms with Crippen molar-refractivity contribution in [3.63, 3.8) is 0 Å². The first kappa shape index (κ1) is 10.7. The molecule has 0 aromatic heterocycles. The van der Waals surface area contributed by atoms with Crippen LogP contribution in [0.25, 0.3) is 0 Å².